The molecule has 1 saturated heterocycles. The van der Waals surface area contributed by atoms with Crippen molar-refractivity contribution in [3.8, 4) is 0 Å². The lowest BCUT2D eigenvalue weighted by Crippen LogP contribution is -2.54. The van der Waals surface area contributed by atoms with Crippen LogP contribution < -0.4 is 10.0 Å². The van der Waals surface area contributed by atoms with Gasteiger partial charge in [0, 0.05) is 13.2 Å². The highest BCUT2D eigenvalue weighted by molar-refractivity contribution is 7.89. The summed E-state index contributed by atoms with van der Waals surface area (Å²) in [5, 5.41) is 2.79. The van der Waals surface area contributed by atoms with Crippen molar-refractivity contribution in [3.05, 3.63) is 54.2 Å². The van der Waals surface area contributed by atoms with Gasteiger partial charge < -0.3 is 19.4 Å². The standard InChI is InChI=1S/C23H30FN3O6S/c1-2-5-21(23(29)25-14-18-6-3-12-32-18)27(16-19-7-4-13-33-19)22(28)15-26-34(30,31)20-10-8-17(24)9-11-20/h3,6,8-12,19,21,26H,2,4-5,7,13-16H2,1H3,(H,25,29)/t19-,21+/m1/s1. The number of benzene rings is 1. The Bertz CT molecular complexity index is 1040. The monoisotopic (exact) mass is 495 g/mol. The van der Waals surface area contributed by atoms with Crippen LogP contribution in [0.4, 0.5) is 4.39 Å². The van der Waals surface area contributed by atoms with Crippen molar-refractivity contribution in [1.82, 2.24) is 14.9 Å². The summed E-state index contributed by atoms with van der Waals surface area (Å²) in [6, 6.07) is 6.94. The van der Waals surface area contributed by atoms with Crippen LogP contribution in [0.2, 0.25) is 0 Å². The zero-order valence-corrected chi connectivity index (χ0v) is 19.9. The maximum atomic E-state index is 13.2. The first-order valence-electron chi connectivity index (χ1n) is 11.3. The lowest BCUT2D eigenvalue weighted by molar-refractivity contribution is -0.141. The fourth-order valence-electron chi connectivity index (χ4n) is 3.77. The minimum Gasteiger partial charge on any atom is -0.467 e. The molecule has 1 fully saturated rings. The molecule has 0 unspecified atom stereocenters. The van der Waals surface area contributed by atoms with Gasteiger partial charge in [-0.25, -0.2) is 17.5 Å². The van der Waals surface area contributed by atoms with Crippen LogP contribution in [0.1, 0.15) is 38.4 Å². The van der Waals surface area contributed by atoms with Gasteiger partial charge in [0.05, 0.1) is 30.4 Å². The second-order valence-corrected chi connectivity index (χ2v) is 9.83. The molecule has 2 aromatic rings. The van der Waals surface area contributed by atoms with Gasteiger partial charge >= 0.3 is 0 Å². The molecule has 186 valence electrons. The third kappa shape index (κ3) is 7.12. The van der Waals surface area contributed by atoms with Gasteiger partial charge in [-0.1, -0.05) is 13.3 Å². The summed E-state index contributed by atoms with van der Waals surface area (Å²) in [6.07, 6.45) is 3.91. The minimum absolute atomic E-state index is 0.159. The van der Waals surface area contributed by atoms with Crippen molar-refractivity contribution < 1.29 is 31.6 Å². The van der Waals surface area contributed by atoms with E-state index in [1.54, 1.807) is 12.1 Å². The van der Waals surface area contributed by atoms with Crippen molar-refractivity contribution in [3.63, 3.8) is 0 Å². The van der Waals surface area contributed by atoms with E-state index >= 15 is 0 Å². The van der Waals surface area contributed by atoms with Crippen LogP contribution >= 0.6 is 0 Å². The molecule has 0 radical (unpaired) electrons. The van der Waals surface area contributed by atoms with Gasteiger partial charge in [-0.15, -0.1) is 0 Å². The number of furan rings is 1. The minimum atomic E-state index is -4.04. The molecule has 1 aromatic heterocycles. The Morgan fingerprint density at radius 1 is 1.24 bits per heavy atom. The van der Waals surface area contributed by atoms with Gasteiger partial charge in [0.25, 0.3) is 0 Å². The molecule has 2 atom stereocenters. The Labute approximate surface area is 198 Å². The lowest BCUT2D eigenvalue weighted by Gasteiger charge is -2.32. The van der Waals surface area contributed by atoms with Crippen molar-refractivity contribution in [2.45, 2.75) is 56.2 Å². The Kier molecular flexibility index (Phi) is 9.20. The van der Waals surface area contributed by atoms with E-state index in [4.69, 9.17) is 9.15 Å². The molecule has 1 aliphatic heterocycles. The fraction of sp³-hybridized carbons (Fsp3) is 0.478. The van der Waals surface area contributed by atoms with Crippen LogP contribution in [0.15, 0.2) is 52.0 Å². The van der Waals surface area contributed by atoms with E-state index < -0.39 is 34.3 Å². The van der Waals surface area contributed by atoms with Crippen LogP contribution in [-0.4, -0.2) is 57.0 Å². The quantitative estimate of drug-likeness (QED) is 0.466. The van der Waals surface area contributed by atoms with E-state index in [0.29, 0.717) is 25.2 Å². The summed E-state index contributed by atoms with van der Waals surface area (Å²) < 4.78 is 51.4. The van der Waals surface area contributed by atoms with Crippen LogP contribution in [-0.2, 0) is 30.9 Å². The maximum absolute atomic E-state index is 13.2. The van der Waals surface area contributed by atoms with Crippen molar-refractivity contribution in [1.29, 1.82) is 0 Å². The molecule has 1 aromatic carbocycles. The average molecular weight is 496 g/mol. The number of rotatable bonds is 12. The molecule has 34 heavy (non-hydrogen) atoms. The number of carbonyl (C=O) groups excluding carboxylic acids is 2. The molecule has 2 amide bonds. The van der Waals surface area contributed by atoms with Crippen molar-refractivity contribution in [2.75, 3.05) is 19.7 Å². The maximum Gasteiger partial charge on any atom is 0.243 e. The smallest absolute Gasteiger partial charge is 0.243 e. The molecular formula is C23H30FN3O6S. The SMILES string of the molecule is CCC[C@@H](C(=O)NCc1ccco1)N(C[C@H]1CCCO1)C(=O)CNS(=O)(=O)c1ccc(F)cc1. The summed E-state index contributed by atoms with van der Waals surface area (Å²) in [4.78, 5) is 27.5. The lowest BCUT2D eigenvalue weighted by atomic mass is 10.1. The number of nitrogens with one attached hydrogen (secondary N) is 2. The molecular weight excluding hydrogens is 465 g/mol. The van der Waals surface area contributed by atoms with Crippen LogP contribution in [0.3, 0.4) is 0 Å². The first-order valence-corrected chi connectivity index (χ1v) is 12.7. The number of halogens is 1. The first-order chi connectivity index (χ1) is 16.3. The molecule has 2 heterocycles. The summed E-state index contributed by atoms with van der Waals surface area (Å²) in [7, 11) is -4.04. The molecule has 11 heteroatoms. The predicted molar refractivity (Wildman–Crippen MR) is 122 cm³/mol. The number of ether oxygens (including phenoxy) is 1. The molecule has 3 rings (SSSR count). The van der Waals surface area contributed by atoms with Crippen LogP contribution in [0.5, 0.6) is 0 Å². The second kappa shape index (κ2) is 12.1. The molecule has 0 bridgehead atoms. The summed E-state index contributed by atoms with van der Waals surface area (Å²) in [5.74, 6) is -0.896. The summed E-state index contributed by atoms with van der Waals surface area (Å²) in [6.45, 7) is 2.28. The zero-order valence-electron chi connectivity index (χ0n) is 19.0. The highest BCUT2D eigenvalue weighted by Gasteiger charge is 2.33. The molecule has 1 aliphatic rings. The van der Waals surface area contributed by atoms with E-state index in [9.17, 15) is 22.4 Å². The molecule has 2 N–H and O–H groups in total. The predicted octanol–water partition coefficient (Wildman–Crippen LogP) is 2.19. The normalized spacial score (nSPS) is 16.8. The Balaban J connectivity index is 1.73. The van der Waals surface area contributed by atoms with E-state index in [-0.39, 0.29) is 30.0 Å². The van der Waals surface area contributed by atoms with Gasteiger partial charge in [0.2, 0.25) is 21.8 Å². The number of sulfonamides is 1. The van der Waals surface area contributed by atoms with Crippen LogP contribution in [0.25, 0.3) is 0 Å². The highest BCUT2D eigenvalue weighted by Crippen LogP contribution is 2.18. The van der Waals surface area contributed by atoms with Gasteiger partial charge in [0.15, 0.2) is 0 Å². The van der Waals surface area contributed by atoms with Crippen molar-refractivity contribution >= 4 is 21.8 Å². The summed E-state index contributed by atoms with van der Waals surface area (Å²) >= 11 is 0. The Hall–Kier alpha value is -2.76. The molecule has 0 saturated carbocycles. The second-order valence-electron chi connectivity index (χ2n) is 8.06. The Morgan fingerprint density at radius 2 is 2.00 bits per heavy atom. The van der Waals surface area contributed by atoms with E-state index in [1.807, 2.05) is 6.92 Å². The third-order valence-electron chi connectivity index (χ3n) is 5.54. The topological polar surface area (TPSA) is 118 Å². The third-order valence-corrected chi connectivity index (χ3v) is 6.96. The van der Waals surface area contributed by atoms with Crippen LogP contribution in [0, 0.1) is 5.82 Å². The first kappa shape index (κ1) is 25.9. The molecule has 9 nitrogen and oxygen atoms in total. The van der Waals surface area contributed by atoms with E-state index in [2.05, 4.69) is 10.0 Å². The van der Waals surface area contributed by atoms with Gasteiger partial charge in [-0.2, -0.15) is 0 Å². The number of hydrogen-bond acceptors (Lipinski definition) is 6. The molecule has 0 spiro atoms. The van der Waals surface area contributed by atoms with Gasteiger partial charge in [-0.05, 0) is 55.7 Å². The van der Waals surface area contributed by atoms with E-state index in [1.165, 1.54) is 11.2 Å². The summed E-state index contributed by atoms with van der Waals surface area (Å²) in [5.41, 5.74) is 0. The highest BCUT2D eigenvalue weighted by atomic mass is 32.2. The zero-order chi connectivity index (χ0) is 24.6. The number of hydrogen-bond donors (Lipinski definition) is 2. The fourth-order valence-corrected chi connectivity index (χ4v) is 4.75. The van der Waals surface area contributed by atoms with E-state index in [0.717, 1.165) is 37.1 Å². The average Bonchev–Trinajstić information content (AvgIpc) is 3.53. The van der Waals surface area contributed by atoms with Crippen molar-refractivity contribution in [2.24, 2.45) is 0 Å². The largest absolute Gasteiger partial charge is 0.467 e. The Morgan fingerprint density at radius 3 is 2.62 bits per heavy atom. The number of nitrogens with zero attached hydrogens (tertiary/aromatic N) is 1. The number of carbonyl (C=O) groups is 2. The number of amides is 2. The van der Waals surface area contributed by atoms with Gasteiger partial charge in [-0.3, -0.25) is 9.59 Å². The molecule has 0 aliphatic carbocycles. The van der Waals surface area contributed by atoms with Gasteiger partial charge in [0.1, 0.15) is 17.6 Å².